The maximum absolute atomic E-state index is 3.61. The summed E-state index contributed by atoms with van der Waals surface area (Å²) in [6.07, 6.45) is 1.20. The van der Waals surface area contributed by atoms with Gasteiger partial charge in [-0.05, 0) is 47.1 Å². The predicted molar refractivity (Wildman–Crippen MR) is 73.9 cm³/mol. The first kappa shape index (κ1) is 15.9. The summed E-state index contributed by atoms with van der Waals surface area (Å²) in [5.74, 6) is 0.716. The van der Waals surface area contributed by atoms with Crippen LogP contribution in [0.1, 0.15) is 54.9 Å². The van der Waals surface area contributed by atoms with E-state index in [0.717, 1.165) is 6.54 Å². The van der Waals surface area contributed by atoms with Crippen molar-refractivity contribution in [3.63, 3.8) is 0 Å². The van der Waals surface area contributed by atoms with Crippen LogP contribution in [0.2, 0.25) is 0 Å². The van der Waals surface area contributed by atoms with Crippen LogP contribution in [0, 0.1) is 5.92 Å². The van der Waals surface area contributed by atoms with Gasteiger partial charge in [-0.15, -0.1) is 0 Å². The zero-order valence-corrected chi connectivity index (χ0v) is 12.6. The second kappa shape index (κ2) is 6.61. The summed E-state index contributed by atoms with van der Waals surface area (Å²) in [5.41, 5.74) is 0.218. The molecule has 0 fully saturated rings. The number of rotatable bonds is 6. The second-order valence-electron chi connectivity index (χ2n) is 6.34. The molecule has 2 unspecified atom stereocenters. The first-order chi connectivity index (χ1) is 7.19. The summed E-state index contributed by atoms with van der Waals surface area (Å²) in [6, 6.07) is 1.28. The van der Waals surface area contributed by atoms with E-state index in [0.29, 0.717) is 18.0 Å². The van der Waals surface area contributed by atoms with Crippen LogP contribution < -0.4 is 5.32 Å². The zero-order valence-electron chi connectivity index (χ0n) is 12.6. The fourth-order valence-electron chi connectivity index (χ4n) is 1.80. The van der Waals surface area contributed by atoms with Gasteiger partial charge in [-0.25, -0.2) is 0 Å². The number of nitrogens with zero attached hydrogens (tertiary/aromatic N) is 1. The van der Waals surface area contributed by atoms with Gasteiger partial charge in [0, 0.05) is 24.2 Å². The number of hydrogen-bond donors (Lipinski definition) is 1. The van der Waals surface area contributed by atoms with E-state index >= 15 is 0 Å². The largest absolute Gasteiger partial charge is 0.311 e. The highest BCUT2D eigenvalue weighted by molar-refractivity contribution is 4.80. The molecule has 0 bridgehead atoms. The quantitative estimate of drug-likeness (QED) is 0.751. The Morgan fingerprint density at radius 3 is 1.94 bits per heavy atom. The van der Waals surface area contributed by atoms with Crippen LogP contribution in [-0.2, 0) is 0 Å². The van der Waals surface area contributed by atoms with Crippen molar-refractivity contribution in [3.05, 3.63) is 0 Å². The van der Waals surface area contributed by atoms with Crippen molar-refractivity contribution in [3.8, 4) is 0 Å². The highest BCUT2D eigenvalue weighted by Gasteiger charge is 2.21. The highest BCUT2D eigenvalue weighted by Crippen LogP contribution is 2.13. The van der Waals surface area contributed by atoms with Gasteiger partial charge in [-0.2, -0.15) is 0 Å². The Balaban J connectivity index is 4.27. The summed E-state index contributed by atoms with van der Waals surface area (Å²) >= 11 is 0. The molecule has 0 aliphatic rings. The molecule has 0 heterocycles. The smallest absolute Gasteiger partial charge is 0.0218 e. The van der Waals surface area contributed by atoms with Gasteiger partial charge in [0.15, 0.2) is 0 Å². The van der Waals surface area contributed by atoms with Gasteiger partial charge in [-0.3, -0.25) is 4.90 Å². The van der Waals surface area contributed by atoms with E-state index < -0.39 is 0 Å². The van der Waals surface area contributed by atoms with Crippen molar-refractivity contribution < 1.29 is 0 Å². The van der Waals surface area contributed by atoms with E-state index in [2.05, 4.69) is 65.7 Å². The van der Waals surface area contributed by atoms with Gasteiger partial charge in [-0.1, -0.05) is 20.8 Å². The Bertz CT molecular complexity index is 182. The van der Waals surface area contributed by atoms with Crippen molar-refractivity contribution in [2.45, 2.75) is 72.5 Å². The van der Waals surface area contributed by atoms with E-state index in [1.807, 2.05) is 0 Å². The molecule has 2 atom stereocenters. The SMILES string of the molecule is CCC(CNC(C)(C)C)N(C)C(C)C(C)C. The molecule has 0 aliphatic carbocycles. The monoisotopic (exact) mass is 228 g/mol. The Morgan fingerprint density at radius 1 is 1.12 bits per heavy atom. The molecule has 0 saturated heterocycles. The van der Waals surface area contributed by atoms with Crippen LogP contribution in [0.3, 0.4) is 0 Å². The molecule has 98 valence electrons. The lowest BCUT2D eigenvalue weighted by Gasteiger charge is -2.36. The summed E-state index contributed by atoms with van der Waals surface area (Å²) in [6.45, 7) is 17.0. The Kier molecular flexibility index (Phi) is 6.57. The van der Waals surface area contributed by atoms with E-state index in [4.69, 9.17) is 0 Å². The molecule has 0 aromatic rings. The average molecular weight is 228 g/mol. The Labute approximate surface area is 103 Å². The summed E-state index contributed by atoms with van der Waals surface area (Å²) < 4.78 is 0. The predicted octanol–water partition coefficient (Wildman–Crippen LogP) is 3.13. The van der Waals surface area contributed by atoms with Crippen LogP contribution in [0.25, 0.3) is 0 Å². The lowest BCUT2D eigenvalue weighted by molar-refractivity contribution is 0.136. The Hall–Kier alpha value is -0.0800. The fourth-order valence-corrected chi connectivity index (χ4v) is 1.80. The molecule has 2 nitrogen and oxygen atoms in total. The van der Waals surface area contributed by atoms with E-state index in [1.165, 1.54) is 6.42 Å². The van der Waals surface area contributed by atoms with Crippen molar-refractivity contribution in [1.82, 2.24) is 10.2 Å². The summed E-state index contributed by atoms with van der Waals surface area (Å²) in [5, 5.41) is 3.61. The van der Waals surface area contributed by atoms with E-state index in [-0.39, 0.29) is 5.54 Å². The molecule has 0 amide bonds. The molecule has 0 saturated carbocycles. The topological polar surface area (TPSA) is 15.3 Å². The van der Waals surface area contributed by atoms with Gasteiger partial charge >= 0.3 is 0 Å². The molecule has 0 aromatic heterocycles. The molecule has 2 heteroatoms. The van der Waals surface area contributed by atoms with Gasteiger partial charge in [0.25, 0.3) is 0 Å². The molecule has 0 radical (unpaired) electrons. The number of hydrogen-bond acceptors (Lipinski definition) is 2. The van der Waals surface area contributed by atoms with E-state index in [9.17, 15) is 0 Å². The fraction of sp³-hybridized carbons (Fsp3) is 1.00. The van der Waals surface area contributed by atoms with Crippen molar-refractivity contribution in [2.24, 2.45) is 5.92 Å². The minimum Gasteiger partial charge on any atom is -0.311 e. The standard InChI is InChI=1S/C14H32N2/c1-9-13(10-15-14(5,6)7)16(8)12(4)11(2)3/h11-13,15H,9-10H2,1-8H3. The summed E-state index contributed by atoms with van der Waals surface area (Å²) in [7, 11) is 2.25. The van der Waals surface area contributed by atoms with Crippen LogP contribution in [-0.4, -0.2) is 36.1 Å². The second-order valence-corrected chi connectivity index (χ2v) is 6.34. The van der Waals surface area contributed by atoms with Crippen LogP contribution in [0.4, 0.5) is 0 Å². The maximum atomic E-state index is 3.61. The summed E-state index contributed by atoms with van der Waals surface area (Å²) in [4.78, 5) is 2.52. The highest BCUT2D eigenvalue weighted by atomic mass is 15.2. The minimum absolute atomic E-state index is 0.218. The average Bonchev–Trinajstić information content (AvgIpc) is 2.15. The third-order valence-corrected chi connectivity index (χ3v) is 3.52. The van der Waals surface area contributed by atoms with Crippen LogP contribution in [0.15, 0.2) is 0 Å². The third-order valence-electron chi connectivity index (χ3n) is 3.52. The van der Waals surface area contributed by atoms with Gasteiger partial charge in [0.2, 0.25) is 0 Å². The molecular formula is C14H32N2. The lowest BCUT2D eigenvalue weighted by atomic mass is 10.0. The number of nitrogens with one attached hydrogen (secondary N) is 1. The molecular weight excluding hydrogens is 196 g/mol. The van der Waals surface area contributed by atoms with Crippen LogP contribution in [0.5, 0.6) is 0 Å². The molecule has 0 aromatic carbocycles. The molecule has 0 spiro atoms. The first-order valence-corrected chi connectivity index (χ1v) is 6.66. The normalized spacial score (nSPS) is 16.9. The Morgan fingerprint density at radius 2 is 1.62 bits per heavy atom. The first-order valence-electron chi connectivity index (χ1n) is 6.66. The third kappa shape index (κ3) is 5.86. The van der Waals surface area contributed by atoms with Gasteiger partial charge < -0.3 is 5.32 Å². The van der Waals surface area contributed by atoms with Crippen LogP contribution >= 0.6 is 0 Å². The van der Waals surface area contributed by atoms with Gasteiger partial charge in [0.1, 0.15) is 0 Å². The zero-order chi connectivity index (χ0) is 12.9. The molecule has 0 aliphatic heterocycles. The van der Waals surface area contributed by atoms with Gasteiger partial charge in [0.05, 0.1) is 0 Å². The van der Waals surface area contributed by atoms with Crippen molar-refractivity contribution in [1.29, 1.82) is 0 Å². The lowest BCUT2D eigenvalue weighted by Crippen LogP contribution is -2.49. The molecule has 16 heavy (non-hydrogen) atoms. The minimum atomic E-state index is 0.218. The van der Waals surface area contributed by atoms with Crippen molar-refractivity contribution in [2.75, 3.05) is 13.6 Å². The number of likely N-dealkylation sites (N-methyl/N-ethyl adjacent to an activating group) is 1. The molecule has 1 N–H and O–H groups in total. The van der Waals surface area contributed by atoms with E-state index in [1.54, 1.807) is 0 Å². The maximum Gasteiger partial charge on any atom is 0.0218 e. The van der Waals surface area contributed by atoms with Crippen molar-refractivity contribution >= 4 is 0 Å². The molecule has 0 rings (SSSR count).